The smallest absolute Gasteiger partial charge is 0.125 e. The van der Waals surface area contributed by atoms with Crippen molar-refractivity contribution in [2.45, 2.75) is 25.0 Å². The van der Waals surface area contributed by atoms with E-state index in [0.717, 1.165) is 24.3 Å². The first-order valence-corrected chi connectivity index (χ1v) is 5.28. The summed E-state index contributed by atoms with van der Waals surface area (Å²) in [4.78, 5) is 0. The van der Waals surface area contributed by atoms with Gasteiger partial charge in [0.25, 0.3) is 0 Å². The number of ether oxygens (including phenoxy) is 1. The van der Waals surface area contributed by atoms with Crippen molar-refractivity contribution in [3.8, 4) is 5.75 Å². The van der Waals surface area contributed by atoms with Crippen LogP contribution in [-0.2, 0) is 5.60 Å². The van der Waals surface area contributed by atoms with Gasteiger partial charge in [-0.2, -0.15) is 0 Å². The molecule has 1 aromatic rings. The number of para-hydroxylation sites is 1. The highest BCUT2D eigenvalue weighted by atomic mass is 16.5. The second-order valence-electron chi connectivity index (χ2n) is 4.05. The quantitative estimate of drug-likeness (QED) is 0.767. The molecule has 1 aliphatic rings. The summed E-state index contributed by atoms with van der Waals surface area (Å²) in [6, 6.07) is 7.73. The minimum Gasteiger partial charge on any atom is -0.496 e. The molecule has 2 N–H and O–H groups in total. The van der Waals surface area contributed by atoms with Gasteiger partial charge in [0.05, 0.1) is 7.11 Å². The lowest BCUT2D eigenvalue weighted by molar-refractivity contribution is 0.0270. The Balaban J connectivity index is 2.43. The number of methoxy groups -OCH3 is 1. The third-order valence-corrected chi connectivity index (χ3v) is 3.25. The summed E-state index contributed by atoms with van der Waals surface area (Å²) < 4.78 is 5.28. The Hall–Kier alpha value is -1.06. The molecule has 15 heavy (non-hydrogen) atoms. The second-order valence-corrected chi connectivity index (χ2v) is 4.05. The molecular formula is C12H17NO2. The molecule has 0 saturated carbocycles. The zero-order valence-electron chi connectivity index (χ0n) is 9.16. The summed E-state index contributed by atoms with van der Waals surface area (Å²) in [6.45, 7) is 2.84. The third kappa shape index (κ3) is 1.62. The van der Waals surface area contributed by atoms with Crippen LogP contribution < -0.4 is 10.1 Å². The Bertz CT molecular complexity index is 353. The molecular weight excluding hydrogens is 190 g/mol. The molecule has 0 aromatic heterocycles. The topological polar surface area (TPSA) is 41.5 Å². The predicted octanol–water partition coefficient (Wildman–Crippen LogP) is 1.26. The van der Waals surface area contributed by atoms with E-state index in [4.69, 9.17) is 4.74 Å². The number of hydrogen-bond donors (Lipinski definition) is 2. The van der Waals surface area contributed by atoms with Gasteiger partial charge in [-0.3, -0.25) is 0 Å². The van der Waals surface area contributed by atoms with Crippen LogP contribution in [0.2, 0.25) is 0 Å². The summed E-state index contributed by atoms with van der Waals surface area (Å²) in [7, 11) is 1.63. The molecule has 0 aliphatic carbocycles. The fourth-order valence-corrected chi connectivity index (χ4v) is 2.23. The van der Waals surface area contributed by atoms with E-state index in [2.05, 4.69) is 5.32 Å². The van der Waals surface area contributed by atoms with Crippen molar-refractivity contribution in [3.05, 3.63) is 29.8 Å². The maximum Gasteiger partial charge on any atom is 0.125 e. The van der Waals surface area contributed by atoms with Crippen LogP contribution in [0, 0.1) is 0 Å². The highest BCUT2D eigenvalue weighted by Gasteiger charge is 2.41. The van der Waals surface area contributed by atoms with Crippen LogP contribution in [0.5, 0.6) is 5.75 Å². The Morgan fingerprint density at radius 2 is 2.20 bits per heavy atom. The van der Waals surface area contributed by atoms with Crippen LogP contribution in [0.25, 0.3) is 0 Å². The van der Waals surface area contributed by atoms with Gasteiger partial charge in [-0.15, -0.1) is 0 Å². The van der Waals surface area contributed by atoms with Crippen LogP contribution in [0.15, 0.2) is 24.3 Å². The van der Waals surface area contributed by atoms with Gasteiger partial charge in [-0.25, -0.2) is 0 Å². The SMILES string of the molecule is COc1ccccc1C1(O)CCNC1C. The lowest BCUT2D eigenvalue weighted by Crippen LogP contribution is -2.37. The zero-order valence-corrected chi connectivity index (χ0v) is 9.16. The lowest BCUT2D eigenvalue weighted by atomic mass is 9.87. The number of nitrogens with one attached hydrogen (secondary N) is 1. The van der Waals surface area contributed by atoms with E-state index >= 15 is 0 Å². The number of aliphatic hydroxyl groups is 1. The molecule has 3 heteroatoms. The van der Waals surface area contributed by atoms with Gasteiger partial charge < -0.3 is 15.2 Å². The van der Waals surface area contributed by atoms with Crippen LogP contribution in [0.3, 0.4) is 0 Å². The van der Waals surface area contributed by atoms with Gasteiger partial charge in [0.15, 0.2) is 0 Å². The fourth-order valence-electron chi connectivity index (χ4n) is 2.23. The molecule has 1 heterocycles. The van der Waals surface area contributed by atoms with E-state index < -0.39 is 5.60 Å². The molecule has 0 spiro atoms. The van der Waals surface area contributed by atoms with E-state index in [1.54, 1.807) is 7.11 Å². The standard InChI is InChI=1S/C12H17NO2/c1-9-12(14,7-8-13-9)10-5-3-4-6-11(10)15-2/h3-6,9,13-14H,7-8H2,1-2H3. The Morgan fingerprint density at radius 3 is 2.80 bits per heavy atom. The highest BCUT2D eigenvalue weighted by Crippen LogP contribution is 2.37. The van der Waals surface area contributed by atoms with E-state index in [9.17, 15) is 5.11 Å². The summed E-state index contributed by atoms with van der Waals surface area (Å²) in [5, 5.41) is 13.9. The lowest BCUT2D eigenvalue weighted by Gasteiger charge is -2.29. The van der Waals surface area contributed by atoms with E-state index in [1.165, 1.54) is 0 Å². The van der Waals surface area contributed by atoms with Crippen LogP contribution in [-0.4, -0.2) is 24.8 Å². The fraction of sp³-hybridized carbons (Fsp3) is 0.500. The normalized spacial score (nSPS) is 30.5. The number of hydrogen-bond acceptors (Lipinski definition) is 3. The monoisotopic (exact) mass is 207 g/mol. The van der Waals surface area contributed by atoms with Crippen molar-refractivity contribution >= 4 is 0 Å². The maximum absolute atomic E-state index is 10.6. The summed E-state index contributed by atoms with van der Waals surface area (Å²) >= 11 is 0. The van der Waals surface area contributed by atoms with Gasteiger partial charge in [-0.1, -0.05) is 18.2 Å². The average Bonchev–Trinajstić information content (AvgIpc) is 2.60. The average molecular weight is 207 g/mol. The third-order valence-electron chi connectivity index (χ3n) is 3.25. The van der Waals surface area contributed by atoms with Crippen molar-refractivity contribution in [1.29, 1.82) is 0 Å². The molecule has 1 aliphatic heterocycles. The van der Waals surface area contributed by atoms with Crippen LogP contribution >= 0.6 is 0 Å². The predicted molar refractivity (Wildman–Crippen MR) is 59.0 cm³/mol. The minimum absolute atomic E-state index is 0.0637. The van der Waals surface area contributed by atoms with Gasteiger partial charge >= 0.3 is 0 Å². The van der Waals surface area contributed by atoms with Crippen LogP contribution in [0.4, 0.5) is 0 Å². The largest absolute Gasteiger partial charge is 0.496 e. The number of rotatable bonds is 2. The van der Waals surface area contributed by atoms with E-state index in [-0.39, 0.29) is 6.04 Å². The summed E-state index contributed by atoms with van der Waals surface area (Å²) in [6.07, 6.45) is 0.731. The van der Waals surface area contributed by atoms with Crippen molar-refractivity contribution in [1.82, 2.24) is 5.32 Å². The molecule has 1 fully saturated rings. The van der Waals surface area contributed by atoms with Gasteiger partial charge in [0.1, 0.15) is 11.4 Å². The molecule has 82 valence electrons. The zero-order chi connectivity index (χ0) is 10.9. The molecule has 0 bridgehead atoms. The van der Waals surface area contributed by atoms with Crippen molar-refractivity contribution < 1.29 is 9.84 Å². The van der Waals surface area contributed by atoms with Crippen molar-refractivity contribution in [3.63, 3.8) is 0 Å². The minimum atomic E-state index is -0.799. The van der Waals surface area contributed by atoms with Crippen LogP contribution in [0.1, 0.15) is 18.9 Å². The Morgan fingerprint density at radius 1 is 1.47 bits per heavy atom. The highest BCUT2D eigenvalue weighted by molar-refractivity contribution is 5.39. The molecule has 1 saturated heterocycles. The number of benzene rings is 1. The molecule has 2 unspecified atom stereocenters. The molecule has 1 aromatic carbocycles. The van der Waals surface area contributed by atoms with E-state index in [1.807, 2.05) is 31.2 Å². The Kier molecular flexibility index (Phi) is 2.67. The first-order valence-electron chi connectivity index (χ1n) is 5.28. The molecule has 0 amide bonds. The van der Waals surface area contributed by atoms with E-state index in [0.29, 0.717) is 0 Å². The van der Waals surface area contributed by atoms with Gasteiger partial charge in [0.2, 0.25) is 0 Å². The summed E-state index contributed by atoms with van der Waals surface area (Å²) in [5.74, 6) is 0.760. The van der Waals surface area contributed by atoms with Crippen molar-refractivity contribution in [2.24, 2.45) is 0 Å². The second kappa shape index (κ2) is 3.83. The Labute approximate surface area is 90.1 Å². The summed E-state index contributed by atoms with van der Waals surface area (Å²) in [5.41, 5.74) is 0.0806. The van der Waals surface area contributed by atoms with Gasteiger partial charge in [-0.05, 0) is 26.0 Å². The molecule has 3 nitrogen and oxygen atoms in total. The maximum atomic E-state index is 10.6. The molecule has 0 radical (unpaired) electrons. The van der Waals surface area contributed by atoms with Gasteiger partial charge in [0, 0.05) is 11.6 Å². The first-order chi connectivity index (χ1) is 7.18. The van der Waals surface area contributed by atoms with Crippen molar-refractivity contribution in [2.75, 3.05) is 13.7 Å². The molecule has 2 atom stereocenters. The first kappa shape index (κ1) is 10.5. The molecule has 2 rings (SSSR count).